The first kappa shape index (κ1) is 19.0. The van der Waals surface area contributed by atoms with Crippen molar-refractivity contribution in [2.24, 2.45) is 19.1 Å². The van der Waals surface area contributed by atoms with Crippen LogP contribution in [-0.2, 0) is 27.2 Å². The molecule has 3 rings (SSSR count). The van der Waals surface area contributed by atoms with E-state index in [2.05, 4.69) is 20.8 Å². The molecule has 0 saturated heterocycles. The number of guanidine groups is 1. The van der Waals surface area contributed by atoms with Crippen LogP contribution < -0.4 is 10.6 Å². The van der Waals surface area contributed by atoms with Crippen LogP contribution in [0.4, 0.5) is 0 Å². The van der Waals surface area contributed by atoms with Gasteiger partial charge in [-0.05, 0) is 25.8 Å². The minimum absolute atomic E-state index is 0.461. The van der Waals surface area contributed by atoms with Crippen molar-refractivity contribution in [3.8, 4) is 0 Å². The topological polar surface area (TPSA) is 72.1 Å². The molecule has 2 heterocycles. The fourth-order valence-electron chi connectivity index (χ4n) is 3.08. The standard InChI is InChI=1S/C17H25Cl2N7/c1-11-23-24-15(25(11)2)10-21-17(22-12-6-4-5-7-12)20-9-13-8-14(18)16(19)26(13)3/h8,12H,4-7,9-10H2,1-3H3,(H2,20,21,22). The molecule has 0 amide bonds. The van der Waals surface area contributed by atoms with E-state index in [4.69, 9.17) is 28.2 Å². The van der Waals surface area contributed by atoms with Crippen molar-refractivity contribution in [1.29, 1.82) is 0 Å². The first-order valence-corrected chi connectivity index (χ1v) is 9.60. The molecule has 2 aromatic rings. The summed E-state index contributed by atoms with van der Waals surface area (Å²) in [7, 11) is 3.85. The normalized spacial score (nSPS) is 15.7. The van der Waals surface area contributed by atoms with Crippen LogP contribution >= 0.6 is 23.2 Å². The van der Waals surface area contributed by atoms with Crippen LogP contribution in [0.25, 0.3) is 0 Å². The fourth-order valence-corrected chi connectivity index (χ4v) is 3.50. The van der Waals surface area contributed by atoms with Gasteiger partial charge in [0.15, 0.2) is 11.8 Å². The zero-order valence-corrected chi connectivity index (χ0v) is 16.9. The lowest BCUT2D eigenvalue weighted by Crippen LogP contribution is -2.42. The van der Waals surface area contributed by atoms with Crippen molar-refractivity contribution < 1.29 is 0 Å². The van der Waals surface area contributed by atoms with E-state index in [-0.39, 0.29) is 0 Å². The number of hydrogen-bond acceptors (Lipinski definition) is 3. The highest BCUT2D eigenvalue weighted by Gasteiger charge is 2.17. The third kappa shape index (κ3) is 4.32. The minimum atomic E-state index is 0.461. The van der Waals surface area contributed by atoms with Gasteiger partial charge in [-0.15, -0.1) is 10.2 Å². The van der Waals surface area contributed by atoms with Crippen LogP contribution in [0.2, 0.25) is 10.2 Å². The molecule has 0 aliphatic heterocycles. The number of hydrogen-bond donors (Lipinski definition) is 2. The second-order valence-corrected chi connectivity index (χ2v) is 7.47. The molecule has 2 aromatic heterocycles. The van der Waals surface area contributed by atoms with Crippen molar-refractivity contribution in [3.05, 3.63) is 33.6 Å². The Labute approximate surface area is 163 Å². The monoisotopic (exact) mass is 397 g/mol. The summed E-state index contributed by atoms with van der Waals surface area (Å²) in [6, 6.07) is 2.31. The molecule has 1 saturated carbocycles. The molecule has 7 nitrogen and oxygen atoms in total. The smallest absolute Gasteiger partial charge is 0.192 e. The molecule has 1 aliphatic carbocycles. The van der Waals surface area contributed by atoms with Gasteiger partial charge in [-0.25, -0.2) is 4.99 Å². The highest BCUT2D eigenvalue weighted by atomic mass is 35.5. The maximum Gasteiger partial charge on any atom is 0.192 e. The SMILES string of the molecule is Cc1nnc(CNC(=NCc2cc(Cl)c(Cl)n2C)NC2CCCC2)n1C. The maximum atomic E-state index is 6.15. The Hall–Kier alpha value is -1.73. The lowest BCUT2D eigenvalue weighted by Gasteiger charge is -2.17. The van der Waals surface area contributed by atoms with E-state index in [1.807, 2.05) is 36.2 Å². The molecule has 0 spiro atoms. The van der Waals surface area contributed by atoms with Crippen molar-refractivity contribution in [2.75, 3.05) is 0 Å². The third-order valence-corrected chi connectivity index (χ3v) is 5.75. The molecule has 0 radical (unpaired) electrons. The summed E-state index contributed by atoms with van der Waals surface area (Å²) >= 11 is 12.2. The average molecular weight is 398 g/mol. The van der Waals surface area contributed by atoms with Gasteiger partial charge in [0.05, 0.1) is 18.1 Å². The highest BCUT2D eigenvalue weighted by molar-refractivity contribution is 6.41. The summed E-state index contributed by atoms with van der Waals surface area (Å²) in [6.07, 6.45) is 4.87. The van der Waals surface area contributed by atoms with Gasteiger partial charge in [0.25, 0.3) is 0 Å². The predicted octanol–water partition coefficient (Wildman–Crippen LogP) is 2.95. The number of rotatable bonds is 5. The quantitative estimate of drug-likeness (QED) is 0.600. The molecular weight excluding hydrogens is 373 g/mol. The van der Waals surface area contributed by atoms with Crippen molar-refractivity contribution >= 4 is 29.2 Å². The number of aryl methyl sites for hydroxylation is 1. The van der Waals surface area contributed by atoms with Crippen molar-refractivity contribution in [1.82, 2.24) is 30.0 Å². The van der Waals surface area contributed by atoms with Gasteiger partial charge in [-0.2, -0.15) is 0 Å². The van der Waals surface area contributed by atoms with Crippen LogP contribution in [0.1, 0.15) is 43.0 Å². The maximum absolute atomic E-state index is 6.15. The Bertz CT molecular complexity index is 787. The lowest BCUT2D eigenvalue weighted by molar-refractivity contribution is 0.605. The van der Waals surface area contributed by atoms with E-state index < -0.39 is 0 Å². The Morgan fingerprint density at radius 2 is 1.96 bits per heavy atom. The van der Waals surface area contributed by atoms with Gasteiger partial charge in [0, 0.05) is 25.8 Å². The largest absolute Gasteiger partial charge is 0.354 e. The summed E-state index contributed by atoms with van der Waals surface area (Å²) in [5.41, 5.74) is 0.960. The van der Waals surface area contributed by atoms with Gasteiger partial charge in [0.1, 0.15) is 11.0 Å². The molecule has 0 atom stereocenters. The van der Waals surface area contributed by atoms with E-state index in [1.54, 1.807) is 0 Å². The number of aromatic nitrogens is 4. The summed E-state index contributed by atoms with van der Waals surface area (Å²) in [5.74, 6) is 2.52. The van der Waals surface area contributed by atoms with Crippen LogP contribution in [0, 0.1) is 6.92 Å². The van der Waals surface area contributed by atoms with Crippen LogP contribution in [0.5, 0.6) is 0 Å². The molecule has 1 fully saturated rings. The van der Waals surface area contributed by atoms with Crippen molar-refractivity contribution in [3.63, 3.8) is 0 Å². The number of halogens is 2. The first-order chi connectivity index (χ1) is 12.5. The Morgan fingerprint density at radius 3 is 2.54 bits per heavy atom. The molecule has 0 unspecified atom stereocenters. The summed E-state index contributed by atoms with van der Waals surface area (Å²) < 4.78 is 3.82. The molecule has 0 aromatic carbocycles. The Balaban J connectivity index is 1.71. The van der Waals surface area contributed by atoms with Gasteiger partial charge in [-0.1, -0.05) is 36.0 Å². The first-order valence-electron chi connectivity index (χ1n) is 8.85. The lowest BCUT2D eigenvalue weighted by atomic mass is 10.2. The summed E-state index contributed by atoms with van der Waals surface area (Å²) in [4.78, 5) is 4.72. The molecule has 1 aliphatic rings. The van der Waals surface area contributed by atoms with E-state index >= 15 is 0 Å². The Kier molecular flexibility index (Phi) is 6.09. The van der Waals surface area contributed by atoms with E-state index in [9.17, 15) is 0 Å². The van der Waals surface area contributed by atoms with Gasteiger partial charge in [-0.3, -0.25) is 0 Å². The van der Waals surface area contributed by atoms with Crippen LogP contribution in [0.15, 0.2) is 11.1 Å². The number of nitrogens with one attached hydrogen (secondary N) is 2. The van der Waals surface area contributed by atoms with Gasteiger partial charge < -0.3 is 19.8 Å². The highest BCUT2D eigenvalue weighted by Crippen LogP contribution is 2.25. The van der Waals surface area contributed by atoms with E-state index in [0.29, 0.717) is 29.3 Å². The number of aliphatic imine (C=N–C) groups is 1. The molecule has 26 heavy (non-hydrogen) atoms. The van der Waals surface area contributed by atoms with Gasteiger partial charge in [0.2, 0.25) is 0 Å². The fraction of sp³-hybridized carbons (Fsp3) is 0.588. The van der Waals surface area contributed by atoms with Gasteiger partial charge >= 0.3 is 0 Å². The van der Waals surface area contributed by atoms with Crippen molar-refractivity contribution in [2.45, 2.75) is 51.7 Å². The molecule has 2 N–H and O–H groups in total. The van der Waals surface area contributed by atoms with E-state index in [1.165, 1.54) is 25.7 Å². The average Bonchev–Trinajstić information content (AvgIpc) is 3.30. The van der Waals surface area contributed by atoms with E-state index in [0.717, 1.165) is 23.3 Å². The molecule has 9 heteroatoms. The van der Waals surface area contributed by atoms with Crippen LogP contribution in [0.3, 0.4) is 0 Å². The summed E-state index contributed by atoms with van der Waals surface area (Å²) in [5, 5.41) is 16.3. The van der Waals surface area contributed by atoms with Crippen LogP contribution in [-0.4, -0.2) is 31.3 Å². The second kappa shape index (κ2) is 8.31. The second-order valence-electron chi connectivity index (χ2n) is 6.70. The molecule has 0 bridgehead atoms. The molecular formula is C17H25Cl2N7. The zero-order valence-electron chi connectivity index (χ0n) is 15.4. The third-order valence-electron chi connectivity index (χ3n) is 4.91. The molecule has 142 valence electrons. The zero-order chi connectivity index (χ0) is 18.7. The number of nitrogens with zero attached hydrogens (tertiary/aromatic N) is 5. The summed E-state index contributed by atoms with van der Waals surface area (Å²) in [6.45, 7) is 2.98. The predicted molar refractivity (Wildman–Crippen MR) is 105 cm³/mol. The Morgan fingerprint density at radius 1 is 1.23 bits per heavy atom. The minimum Gasteiger partial charge on any atom is -0.354 e.